The van der Waals surface area contributed by atoms with Gasteiger partial charge in [-0.1, -0.05) is 24.2 Å². The molecule has 1 aliphatic carbocycles. The number of aliphatic hydroxyl groups is 1. The Bertz CT molecular complexity index is 1240. The summed E-state index contributed by atoms with van der Waals surface area (Å²) in [5, 5.41) is 17.2. The zero-order chi connectivity index (χ0) is 26.8. The van der Waals surface area contributed by atoms with Gasteiger partial charge >= 0.3 is 0 Å². The lowest BCUT2D eigenvalue weighted by Crippen LogP contribution is -2.54. The summed E-state index contributed by atoms with van der Waals surface area (Å²) in [7, 11) is 1.81. The van der Waals surface area contributed by atoms with E-state index in [0.717, 1.165) is 71.8 Å². The Morgan fingerprint density at radius 1 is 1.18 bits per heavy atom. The standard InChI is InChI=1S/C29H40N6O3/c1-6-22-16-34(12-13-35(22)23-10-11-23)29-18(2)27(26-19(3)33-38-20(26)4)31-28(32-29)21-8-7-9-25(14-21)37-17-24(36)15-30-5/h7-9,14,22-24,30,36H,6,10-13,15-17H2,1-5H3/t22-,24?/m0/s1. The van der Waals surface area contributed by atoms with Gasteiger partial charge in [-0.25, -0.2) is 9.97 Å². The van der Waals surface area contributed by atoms with E-state index in [2.05, 4.69) is 34.1 Å². The Balaban J connectivity index is 1.52. The van der Waals surface area contributed by atoms with Gasteiger partial charge in [0.25, 0.3) is 0 Å². The van der Waals surface area contributed by atoms with Crippen molar-refractivity contribution in [3.63, 3.8) is 0 Å². The molecule has 3 aromatic rings. The maximum Gasteiger partial charge on any atom is 0.162 e. The molecule has 2 atom stereocenters. The summed E-state index contributed by atoms with van der Waals surface area (Å²) < 4.78 is 11.4. The highest BCUT2D eigenvalue weighted by Gasteiger charge is 2.37. The van der Waals surface area contributed by atoms with Crippen LogP contribution in [-0.4, -0.2) is 83.2 Å². The minimum atomic E-state index is -0.585. The highest BCUT2D eigenvalue weighted by molar-refractivity contribution is 5.75. The molecule has 1 aliphatic heterocycles. The second-order valence-corrected chi connectivity index (χ2v) is 10.6. The molecule has 1 aromatic carbocycles. The van der Waals surface area contributed by atoms with Crippen molar-refractivity contribution < 1.29 is 14.4 Å². The van der Waals surface area contributed by atoms with E-state index in [-0.39, 0.29) is 6.61 Å². The van der Waals surface area contributed by atoms with Crippen molar-refractivity contribution in [2.24, 2.45) is 0 Å². The number of piperazine rings is 1. The molecule has 38 heavy (non-hydrogen) atoms. The molecule has 9 heteroatoms. The predicted octanol–water partition coefficient (Wildman–Crippen LogP) is 3.75. The molecule has 2 fully saturated rings. The largest absolute Gasteiger partial charge is 0.491 e. The van der Waals surface area contributed by atoms with Crippen LogP contribution in [0.3, 0.4) is 0 Å². The zero-order valence-corrected chi connectivity index (χ0v) is 23.2. The number of benzene rings is 1. The molecular weight excluding hydrogens is 480 g/mol. The maximum atomic E-state index is 10.1. The van der Waals surface area contributed by atoms with Crippen molar-refractivity contribution in [2.45, 2.75) is 65.1 Å². The Labute approximate surface area is 225 Å². The Kier molecular flexibility index (Phi) is 7.97. The van der Waals surface area contributed by atoms with E-state index >= 15 is 0 Å². The topological polar surface area (TPSA) is 99.8 Å². The zero-order valence-electron chi connectivity index (χ0n) is 23.2. The number of nitrogens with zero attached hydrogens (tertiary/aromatic N) is 5. The second kappa shape index (κ2) is 11.4. The molecule has 1 saturated carbocycles. The number of ether oxygens (including phenoxy) is 1. The minimum absolute atomic E-state index is 0.207. The van der Waals surface area contributed by atoms with E-state index in [1.165, 1.54) is 12.8 Å². The average molecular weight is 521 g/mol. The van der Waals surface area contributed by atoms with E-state index in [1.54, 1.807) is 7.05 Å². The Morgan fingerprint density at radius 3 is 2.68 bits per heavy atom. The summed E-state index contributed by atoms with van der Waals surface area (Å²) in [4.78, 5) is 15.3. The molecule has 0 radical (unpaired) electrons. The summed E-state index contributed by atoms with van der Waals surface area (Å²) in [6.45, 7) is 11.9. The number of hydrogen-bond donors (Lipinski definition) is 2. The molecule has 0 bridgehead atoms. The summed E-state index contributed by atoms with van der Waals surface area (Å²) in [6, 6.07) is 9.06. The van der Waals surface area contributed by atoms with E-state index in [1.807, 2.05) is 38.1 Å². The number of aryl methyl sites for hydroxylation is 2. The van der Waals surface area contributed by atoms with Crippen LogP contribution < -0.4 is 15.0 Å². The number of aliphatic hydroxyl groups excluding tert-OH is 1. The average Bonchev–Trinajstić information content (AvgIpc) is 3.72. The fraction of sp³-hybridized carbons (Fsp3) is 0.552. The third-order valence-electron chi connectivity index (χ3n) is 7.68. The fourth-order valence-corrected chi connectivity index (χ4v) is 5.53. The monoisotopic (exact) mass is 520 g/mol. The lowest BCUT2D eigenvalue weighted by atomic mass is 10.0. The van der Waals surface area contributed by atoms with Crippen molar-refractivity contribution in [2.75, 3.05) is 44.7 Å². The molecule has 9 nitrogen and oxygen atoms in total. The Morgan fingerprint density at radius 2 is 2.00 bits per heavy atom. The molecule has 5 rings (SSSR count). The molecule has 0 spiro atoms. The quantitative estimate of drug-likeness (QED) is 0.414. The highest BCUT2D eigenvalue weighted by Crippen LogP contribution is 2.37. The summed E-state index contributed by atoms with van der Waals surface area (Å²) in [5.41, 5.74) is 4.51. The van der Waals surface area contributed by atoms with Crippen LogP contribution in [0.15, 0.2) is 28.8 Å². The smallest absolute Gasteiger partial charge is 0.162 e. The van der Waals surface area contributed by atoms with Gasteiger partial charge in [-0.05, 0) is 59.2 Å². The molecule has 1 saturated heterocycles. The Hall–Kier alpha value is -3.01. The van der Waals surface area contributed by atoms with E-state index < -0.39 is 6.10 Å². The van der Waals surface area contributed by atoms with Crippen molar-refractivity contribution >= 4 is 5.82 Å². The van der Waals surface area contributed by atoms with E-state index in [9.17, 15) is 5.11 Å². The first-order valence-electron chi connectivity index (χ1n) is 13.8. The normalized spacial score (nSPS) is 19.1. The van der Waals surface area contributed by atoms with Gasteiger partial charge in [-0.3, -0.25) is 4.90 Å². The van der Waals surface area contributed by atoms with Gasteiger partial charge in [0.05, 0.1) is 17.0 Å². The molecule has 204 valence electrons. The van der Waals surface area contributed by atoms with Crippen molar-refractivity contribution in [1.29, 1.82) is 0 Å². The van der Waals surface area contributed by atoms with Gasteiger partial charge in [0.2, 0.25) is 0 Å². The second-order valence-electron chi connectivity index (χ2n) is 10.6. The summed E-state index contributed by atoms with van der Waals surface area (Å²) in [6.07, 6.45) is 3.19. The number of nitrogens with one attached hydrogen (secondary N) is 1. The SMILES string of the molecule is CC[C@H]1CN(c2nc(-c3cccc(OCC(O)CNC)c3)nc(-c3c(C)noc3C)c2C)CCN1C1CC1. The summed E-state index contributed by atoms with van der Waals surface area (Å²) in [5.74, 6) is 3.03. The minimum Gasteiger partial charge on any atom is -0.491 e. The highest BCUT2D eigenvalue weighted by atomic mass is 16.5. The number of hydrogen-bond acceptors (Lipinski definition) is 9. The van der Waals surface area contributed by atoms with Gasteiger partial charge in [-0.15, -0.1) is 0 Å². The third kappa shape index (κ3) is 5.55. The van der Waals surface area contributed by atoms with E-state index in [4.69, 9.17) is 19.2 Å². The number of aromatic nitrogens is 3. The first-order chi connectivity index (χ1) is 18.4. The molecule has 3 heterocycles. The lowest BCUT2D eigenvalue weighted by molar-refractivity contribution is 0.108. The van der Waals surface area contributed by atoms with Gasteiger partial charge in [-0.2, -0.15) is 0 Å². The first-order valence-corrected chi connectivity index (χ1v) is 13.8. The van der Waals surface area contributed by atoms with Crippen LogP contribution in [0.1, 0.15) is 43.2 Å². The van der Waals surface area contributed by atoms with Crippen LogP contribution in [0.25, 0.3) is 22.6 Å². The van der Waals surface area contributed by atoms with Crippen molar-refractivity contribution in [1.82, 2.24) is 25.3 Å². The number of likely N-dealkylation sites (N-methyl/N-ethyl adjacent to an activating group) is 1. The maximum absolute atomic E-state index is 10.1. The molecule has 2 aliphatic rings. The molecule has 2 N–H and O–H groups in total. The third-order valence-corrected chi connectivity index (χ3v) is 7.68. The first kappa shape index (κ1) is 26.6. The van der Waals surface area contributed by atoms with Crippen molar-refractivity contribution in [3.8, 4) is 28.4 Å². The van der Waals surface area contributed by atoms with Crippen LogP contribution in [0.4, 0.5) is 5.82 Å². The lowest BCUT2D eigenvalue weighted by Gasteiger charge is -2.42. The molecule has 1 unspecified atom stereocenters. The summed E-state index contributed by atoms with van der Waals surface area (Å²) >= 11 is 0. The fourth-order valence-electron chi connectivity index (χ4n) is 5.53. The van der Waals surface area contributed by atoms with Crippen LogP contribution in [0, 0.1) is 20.8 Å². The van der Waals surface area contributed by atoms with Crippen LogP contribution in [0.2, 0.25) is 0 Å². The predicted molar refractivity (Wildman–Crippen MR) is 149 cm³/mol. The van der Waals surface area contributed by atoms with Crippen molar-refractivity contribution in [3.05, 3.63) is 41.3 Å². The van der Waals surface area contributed by atoms with Gasteiger partial charge in [0.15, 0.2) is 5.82 Å². The number of rotatable bonds is 10. The van der Waals surface area contributed by atoms with Gasteiger partial charge in [0, 0.05) is 49.4 Å². The molecule has 2 aromatic heterocycles. The van der Waals surface area contributed by atoms with Crippen LogP contribution >= 0.6 is 0 Å². The van der Waals surface area contributed by atoms with Crippen LogP contribution in [0.5, 0.6) is 5.75 Å². The van der Waals surface area contributed by atoms with Gasteiger partial charge in [0.1, 0.15) is 30.0 Å². The van der Waals surface area contributed by atoms with Crippen LogP contribution in [-0.2, 0) is 0 Å². The number of anilines is 1. The molecular formula is C29H40N6O3. The van der Waals surface area contributed by atoms with E-state index in [0.29, 0.717) is 24.2 Å². The van der Waals surface area contributed by atoms with Gasteiger partial charge < -0.3 is 24.6 Å². The molecule has 0 amide bonds.